The number of rotatable bonds is 8. The molecule has 4 aliphatic rings. The summed E-state index contributed by atoms with van der Waals surface area (Å²) in [7, 11) is 2.97. The van der Waals surface area contributed by atoms with Crippen LogP contribution < -0.4 is 19.8 Å². The number of carbonyl (C=O) groups excluding carboxylic acids is 4. The van der Waals surface area contributed by atoms with Crippen molar-refractivity contribution in [3.05, 3.63) is 122 Å². The number of phenolic OH excluding ortho intramolecular Hbond substituents is 1. The highest BCUT2D eigenvalue weighted by atomic mass is 79.9. The molecule has 6 atom stereocenters. The molecule has 0 spiro atoms. The number of fused-ring (bicyclic) bond motifs is 4. The first-order chi connectivity index (χ1) is 26.4. The van der Waals surface area contributed by atoms with Crippen LogP contribution in [0.15, 0.2) is 95.0 Å². The number of nitrogens with zero attached hydrogens (tertiary/aromatic N) is 2. The molecule has 4 aromatic rings. The Labute approximate surface area is 336 Å². The van der Waals surface area contributed by atoms with Crippen molar-refractivity contribution < 1.29 is 33.8 Å². The van der Waals surface area contributed by atoms with Gasteiger partial charge in [0.15, 0.2) is 11.5 Å². The van der Waals surface area contributed by atoms with Crippen molar-refractivity contribution in [3.63, 3.8) is 0 Å². The smallest absolute Gasteiger partial charge is 0.260 e. The SMILES string of the molecule is CCc1ccc(N2C(=O)C3CC=C4C(CC5C(=O)N(Nc6ccc(Cl)cc6Cl)C(=O)C5(c5ccc(OC)cc5)C4c4cc(Br)c(O)c(OC)c4)C3C2=O)cc1. The summed E-state index contributed by atoms with van der Waals surface area (Å²) in [5.74, 6) is -5.04. The van der Waals surface area contributed by atoms with E-state index in [2.05, 4.69) is 21.4 Å². The zero-order valence-electron chi connectivity index (χ0n) is 30.0. The maximum absolute atomic E-state index is 15.5. The van der Waals surface area contributed by atoms with Crippen LogP contribution >= 0.6 is 39.1 Å². The number of phenols is 1. The number of hydrogen-bond acceptors (Lipinski definition) is 8. The molecule has 3 fully saturated rings. The molecule has 2 heterocycles. The maximum atomic E-state index is 15.5. The molecular formula is C42H36BrCl2N3O7. The first-order valence-electron chi connectivity index (χ1n) is 17.9. The highest BCUT2D eigenvalue weighted by Crippen LogP contribution is 2.65. The van der Waals surface area contributed by atoms with E-state index in [9.17, 15) is 14.7 Å². The van der Waals surface area contributed by atoms with E-state index in [-0.39, 0.29) is 41.2 Å². The van der Waals surface area contributed by atoms with E-state index < -0.39 is 46.8 Å². The van der Waals surface area contributed by atoms with Crippen molar-refractivity contribution in [2.45, 2.75) is 37.5 Å². The van der Waals surface area contributed by atoms with Gasteiger partial charge in [-0.05, 0) is 112 Å². The number of hydrazine groups is 1. The molecule has 2 aliphatic heterocycles. The maximum Gasteiger partial charge on any atom is 0.260 e. The third-order valence-corrected chi connectivity index (χ3v) is 12.9. The molecule has 55 heavy (non-hydrogen) atoms. The quantitative estimate of drug-likeness (QED) is 0.134. The number of carbonyl (C=O) groups is 4. The fraction of sp³-hybridized carbons (Fsp3) is 0.286. The second kappa shape index (κ2) is 14.0. The van der Waals surface area contributed by atoms with Gasteiger partial charge in [0.2, 0.25) is 11.8 Å². The fourth-order valence-corrected chi connectivity index (χ4v) is 10.2. The van der Waals surface area contributed by atoms with Crippen LogP contribution in [0.4, 0.5) is 11.4 Å². The van der Waals surface area contributed by atoms with Gasteiger partial charge < -0.3 is 14.6 Å². The van der Waals surface area contributed by atoms with Gasteiger partial charge in [0.05, 0.1) is 58.3 Å². The van der Waals surface area contributed by atoms with E-state index in [0.717, 1.165) is 22.6 Å². The summed E-state index contributed by atoms with van der Waals surface area (Å²) in [5, 5.41) is 12.5. The number of ether oxygens (including phenoxy) is 2. The van der Waals surface area contributed by atoms with Crippen LogP contribution in [0.25, 0.3) is 0 Å². The Bertz CT molecular complexity index is 2300. The van der Waals surface area contributed by atoms with Crippen molar-refractivity contribution in [3.8, 4) is 17.2 Å². The zero-order chi connectivity index (χ0) is 38.9. The summed E-state index contributed by atoms with van der Waals surface area (Å²) >= 11 is 16.2. The van der Waals surface area contributed by atoms with Gasteiger partial charge in [0.25, 0.3) is 11.8 Å². The predicted octanol–water partition coefficient (Wildman–Crippen LogP) is 8.23. The van der Waals surface area contributed by atoms with E-state index >= 15 is 9.59 Å². The van der Waals surface area contributed by atoms with Gasteiger partial charge in [-0.3, -0.25) is 29.5 Å². The van der Waals surface area contributed by atoms with E-state index in [0.29, 0.717) is 37.7 Å². The summed E-state index contributed by atoms with van der Waals surface area (Å²) < 4.78 is 11.4. The molecule has 4 amide bonds. The van der Waals surface area contributed by atoms with Gasteiger partial charge >= 0.3 is 0 Å². The molecule has 8 rings (SSSR count). The Morgan fingerprint density at radius 3 is 2.27 bits per heavy atom. The minimum absolute atomic E-state index is 0.102. The lowest BCUT2D eigenvalue weighted by Gasteiger charge is -2.50. The first-order valence-corrected chi connectivity index (χ1v) is 19.5. The van der Waals surface area contributed by atoms with Crippen molar-refractivity contribution in [1.82, 2.24) is 5.01 Å². The van der Waals surface area contributed by atoms with Crippen molar-refractivity contribution in [2.75, 3.05) is 24.5 Å². The number of imide groups is 2. The summed E-state index contributed by atoms with van der Waals surface area (Å²) in [6.45, 7) is 2.03. The van der Waals surface area contributed by atoms with Gasteiger partial charge in [-0.15, -0.1) is 0 Å². The normalized spacial score (nSPS) is 25.7. The molecule has 0 aromatic heterocycles. The lowest BCUT2D eigenvalue weighted by Crippen LogP contribution is -2.53. The number of allylic oxidation sites excluding steroid dienone is 2. The van der Waals surface area contributed by atoms with Crippen LogP contribution in [0.2, 0.25) is 10.0 Å². The molecule has 282 valence electrons. The van der Waals surface area contributed by atoms with Gasteiger partial charge in [-0.25, -0.2) is 0 Å². The zero-order valence-corrected chi connectivity index (χ0v) is 33.1. The minimum Gasteiger partial charge on any atom is -0.503 e. The van der Waals surface area contributed by atoms with E-state index in [4.69, 9.17) is 32.7 Å². The van der Waals surface area contributed by atoms with Gasteiger partial charge in [-0.2, -0.15) is 5.01 Å². The summed E-state index contributed by atoms with van der Waals surface area (Å²) in [6, 6.07) is 22.5. The number of hydrogen-bond donors (Lipinski definition) is 2. The number of amides is 4. The molecule has 10 nitrogen and oxygen atoms in total. The second-order valence-electron chi connectivity index (χ2n) is 14.3. The molecule has 2 aliphatic carbocycles. The Morgan fingerprint density at radius 1 is 0.891 bits per heavy atom. The monoisotopic (exact) mass is 843 g/mol. The molecule has 6 unspecified atom stereocenters. The molecule has 0 radical (unpaired) electrons. The second-order valence-corrected chi connectivity index (χ2v) is 16.0. The highest BCUT2D eigenvalue weighted by Gasteiger charge is 2.70. The van der Waals surface area contributed by atoms with Crippen LogP contribution in [0, 0.1) is 23.7 Å². The average molecular weight is 846 g/mol. The van der Waals surface area contributed by atoms with Crippen molar-refractivity contribution in [1.29, 1.82) is 0 Å². The Hall–Kier alpha value is -4.84. The molecular weight excluding hydrogens is 809 g/mol. The number of aryl methyl sites for hydroxylation is 1. The van der Waals surface area contributed by atoms with Crippen molar-refractivity contribution in [2.24, 2.45) is 23.7 Å². The molecule has 2 N–H and O–H groups in total. The summed E-state index contributed by atoms with van der Waals surface area (Å²) in [6.07, 6.45) is 3.14. The number of benzene rings is 4. The first kappa shape index (κ1) is 37.1. The molecule has 13 heteroatoms. The van der Waals surface area contributed by atoms with Gasteiger partial charge in [-0.1, -0.05) is 66.0 Å². The third kappa shape index (κ3) is 5.65. The number of nitrogens with one attached hydrogen (secondary N) is 1. The predicted molar refractivity (Wildman–Crippen MR) is 211 cm³/mol. The number of methoxy groups -OCH3 is 2. The number of aromatic hydroxyl groups is 1. The average Bonchev–Trinajstić information content (AvgIpc) is 3.57. The largest absolute Gasteiger partial charge is 0.503 e. The molecule has 0 bridgehead atoms. The topological polar surface area (TPSA) is 125 Å². The lowest BCUT2D eigenvalue weighted by atomic mass is 9.49. The van der Waals surface area contributed by atoms with E-state index in [1.54, 1.807) is 67.8 Å². The van der Waals surface area contributed by atoms with Crippen LogP contribution in [0.1, 0.15) is 42.4 Å². The molecule has 1 saturated carbocycles. The minimum atomic E-state index is -1.58. The van der Waals surface area contributed by atoms with E-state index in [1.165, 1.54) is 18.1 Å². The fourth-order valence-electron chi connectivity index (χ4n) is 9.27. The standard InChI is InChI=1S/C42H36BrCl2N3O7/c1-4-21-5-10-25(11-6-21)47-38(50)28-15-14-27-29(35(28)40(47)52)20-30-39(51)48(46-33-16-9-24(44)19-32(33)45)41(53)42(30,23-7-12-26(54-2)13-8-23)36(27)22-17-31(43)37(49)34(18-22)55-3/h5-14,16-19,28-30,35-36,46,49H,4,15,20H2,1-3H3. The lowest BCUT2D eigenvalue weighted by molar-refractivity contribution is -0.138. The van der Waals surface area contributed by atoms with Crippen LogP contribution in [-0.4, -0.2) is 48.0 Å². The summed E-state index contributed by atoms with van der Waals surface area (Å²) in [4.78, 5) is 60.6. The van der Waals surface area contributed by atoms with Crippen LogP contribution in [0.3, 0.4) is 0 Å². The highest BCUT2D eigenvalue weighted by molar-refractivity contribution is 9.10. The van der Waals surface area contributed by atoms with Crippen LogP contribution in [0.5, 0.6) is 17.2 Å². The third-order valence-electron chi connectivity index (χ3n) is 11.8. The van der Waals surface area contributed by atoms with Gasteiger partial charge in [0, 0.05) is 10.9 Å². The van der Waals surface area contributed by atoms with Crippen LogP contribution in [-0.2, 0) is 31.0 Å². The number of halogens is 3. The van der Waals surface area contributed by atoms with Crippen molar-refractivity contribution >= 4 is 74.1 Å². The molecule has 2 saturated heterocycles. The Kier molecular flexibility index (Phi) is 9.46. The Morgan fingerprint density at radius 2 is 1.62 bits per heavy atom. The Balaban J connectivity index is 1.34. The number of anilines is 2. The molecule has 4 aromatic carbocycles. The van der Waals surface area contributed by atoms with Gasteiger partial charge in [0.1, 0.15) is 5.75 Å². The summed E-state index contributed by atoms with van der Waals surface area (Å²) in [5.41, 5.74) is 5.15. The van der Waals surface area contributed by atoms with E-state index in [1.807, 2.05) is 25.1 Å².